The number of nitrogens with one attached hydrogen (secondary N) is 1. The molecule has 2 aromatic carbocycles. The number of thioether (sulfide) groups is 1. The Labute approximate surface area is 208 Å². The van der Waals surface area contributed by atoms with Crippen molar-refractivity contribution in [2.75, 3.05) is 11.1 Å². The molecular formula is C27H25N5O2S. The van der Waals surface area contributed by atoms with Crippen molar-refractivity contribution in [1.29, 1.82) is 0 Å². The Balaban J connectivity index is 1.43. The third-order valence-corrected chi connectivity index (χ3v) is 7.13. The van der Waals surface area contributed by atoms with Gasteiger partial charge in [0, 0.05) is 35.6 Å². The van der Waals surface area contributed by atoms with Crippen LogP contribution in [0.4, 0.5) is 5.69 Å². The highest BCUT2D eigenvalue weighted by atomic mass is 32.2. The molecule has 0 fully saturated rings. The monoisotopic (exact) mass is 483 g/mol. The smallest absolute Gasteiger partial charge is 0.224 e. The van der Waals surface area contributed by atoms with E-state index in [1.807, 2.05) is 34.9 Å². The number of fused-ring (bicyclic) bond motifs is 1. The van der Waals surface area contributed by atoms with Crippen molar-refractivity contribution in [3.63, 3.8) is 0 Å². The predicted octanol–water partition coefficient (Wildman–Crippen LogP) is 5.20. The first-order chi connectivity index (χ1) is 17.0. The highest BCUT2D eigenvalue weighted by molar-refractivity contribution is 7.99. The molecule has 0 bridgehead atoms. The van der Waals surface area contributed by atoms with Crippen molar-refractivity contribution in [2.45, 2.75) is 38.3 Å². The van der Waals surface area contributed by atoms with Crippen LogP contribution < -0.4 is 5.32 Å². The number of amides is 1. The molecule has 35 heavy (non-hydrogen) atoms. The number of nitrogens with zero attached hydrogens (tertiary/aromatic N) is 4. The minimum absolute atomic E-state index is 0.00784. The van der Waals surface area contributed by atoms with Gasteiger partial charge in [0.2, 0.25) is 5.91 Å². The van der Waals surface area contributed by atoms with E-state index in [9.17, 15) is 9.59 Å². The van der Waals surface area contributed by atoms with Crippen LogP contribution in [0, 0.1) is 13.8 Å². The van der Waals surface area contributed by atoms with Gasteiger partial charge < -0.3 is 5.32 Å². The van der Waals surface area contributed by atoms with Crippen LogP contribution in [-0.2, 0) is 11.2 Å². The van der Waals surface area contributed by atoms with Gasteiger partial charge in [-0.3, -0.25) is 19.1 Å². The molecule has 4 aromatic rings. The topological polar surface area (TPSA) is 89.8 Å². The number of rotatable bonds is 6. The minimum Gasteiger partial charge on any atom is -0.326 e. The maximum absolute atomic E-state index is 13.1. The van der Waals surface area contributed by atoms with Crippen LogP contribution in [0.2, 0.25) is 0 Å². The van der Waals surface area contributed by atoms with E-state index in [1.165, 1.54) is 22.9 Å². The van der Waals surface area contributed by atoms with E-state index in [4.69, 9.17) is 0 Å². The number of Topliss-reactive ketones (excluding diaryl/α,β-unsaturated/α-hetero) is 1. The standard InChI is InChI=1S/C27H25N5O2S/c1-17-6-8-22(14-18(17)2)32-26(19-10-12-28-13-11-19)30-31-27(32)35-16-24(33)21-7-9-23-20(15-21)4-3-5-25(34)29-23/h6-15H,3-5,16H2,1-2H3,(H,29,34). The Kier molecular flexibility index (Phi) is 6.46. The van der Waals surface area contributed by atoms with Crippen LogP contribution >= 0.6 is 11.8 Å². The fourth-order valence-electron chi connectivity index (χ4n) is 4.11. The summed E-state index contributed by atoms with van der Waals surface area (Å²) in [6.07, 6.45) is 5.51. The van der Waals surface area contributed by atoms with Gasteiger partial charge in [0.15, 0.2) is 16.8 Å². The zero-order chi connectivity index (χ0) is 24.4. The average molecular weight is 484 g/mol. The minimum atomic E-state index is 0.00784. The lowest BCUT2D eigenvalue weighted by Gasteiger charge is -2.12. The fourth-order valence-corrected chi connectivity index (χ4v) is 4.96. The van der Waals surface area contributed by atoms with Crippen LogP contribution in [-0.4, -0.2) is 37.2 Å². The Bertz CT molecular complexity index is 1410. The molecule has 1 N–H and O–H groups in total. The van der Waals surface area contributed by atoms with Crippen molar-refractivity contribution >= 4 is 29.1 Å². The van der Waals surface area contributed by atoms with E-state index >= 15 is 0 Å². The molecule has 0 saturated heterocycles. The van der Waals surface area contributed by atoms with Crippen molar-refractivity contribution in [3.05, 3.63) is 83.2 Å². The summed E-state index contributed by atoms with van der Waals surface area (Å²) >= 11 is 1.37. The number of pyridine rings is 1. The Morgan fingerprint density at radius 2 is 1.83 bits per heavy atom. The molecule has 0 unspecified atom stereocenters. The van der Waals surface area contributed by atoms with Gasteiger partial charge >= 0.3 is 0 Å². The van der Waals surface area contributed by atoms with Crippen LogP contribution in [0.5, 0.6) is 0 Å². The first kappa shape index (κ1) is 23.0. The quantitative estimate of drug-likeness (QED) is 0.300. The molecule has 0 radical (unpaired) electrons. The largest absolute Gasteiger partial charge is 0.326 e. The highest BCUT2D eigenvalue weighted by Gasteiger charge is 2.19. The van der Waals surface area contributed by atoms with E-state index in [0.717, 1.165) is 35.3 Å². The van der Waals surface area contributed by atoms with Gasteiger partial charge in [0.1, 0.15) is 0 Å². The summed E-state index contributed by atoms with van der Waals surface area (Å²) < 4.78 is 1.99. The molecule has 1 aliphatic heterocycles. The highest BCUT2D eigenvalue weighted by Crippen LogP contribution is 2.30. The first-order valence-corrected chi connectivity index (χ1v) is 12.5. The second-order valence-electron chi connectivity index (χ2n) is 8.63. The number of benzene rings is 2. The van der Waals surface area contributed by atoms with Gasteiger partial charge in [-0.05, 0) is 85.8 Å². The molecule has 8 heteroatoms. The molecule has 2 aromatic heterocycles. The Morgan fingerprint density at radius 1 is 1.00 bits per heavy atom. The number of ketones is 1. The summed E-state index contributed by atoms with van der Waals surface area (Å²) in [5.41, 5.74) is 6.66. The number of carbonyl (C=O) groups excluding carboxylic acids is 2. The normalized spacial score (nSPS) is 13.1. The molecule has 7 nitrogen and oxygen atoms in total. The van der Waals surface area contributed by atoms with Crippen LogP contribution in [0.15, 0.2) is 66.1 Å². The zero-order valence-electron chi connectivity index (χ0n) is 19.6. The van der Waals surface area contributed by atoms with Gasteiger partial charge in [0.25, 0.3) is 0 Å². The molecule has 1 amide bonds. The molecular weight excluding hydrogens is 458 g/mol. The third kappa shape index (κ3) is 4.88. The number of anilines is 1. The fraction of sp³-hybridized carbons (Fsp3) is 0.222. The predicted molar refractivity (Wildman–Crippen MR) is 137 cm³/mol. The van der Waals surface area contributed by atoms with Gasteiger partial charge in [-0.25, -0.2) is 0 Å². The zero-order valence-corrected chi connectivity index (χ0v) is 20.4. The third-order valence-electron chi connectivity index (χ3n) is 6.20. The number of aryl methyl sites for hydroxylation is 3. The van der Waals surface area contributed by atoms with Crippen LogP contribution in [0.25, 0.3) is 17.1 Å². The second-order valence-corrected chi connectivity index (χ2v) is 9.57. The molecule has 176 valence electrons. The Morgan fingerprint density at radius 3 is 2.63 bits per heavy atom. The molecule has 0 aliphatic carbocycles. The lowest BCUT2D eigenvalue weighted by molar-refractivity contribution is -0.116. The van der Waals surface area contributed by atoms with Crippen molar-refractivity contribution in [1.82, 2.24) is 19.7 Å². The molecule has 0 atom stereocenters. The summed E-state index contributed by atoms with van der Waals surface area (Å²) in [5, 5.41) is 12.5. The summed E-state index contributed by atoms with van der Waals surface area (Å²) in [4.78, 5) is 29.0. The number of hydrogen-bond donors (Lipinski definition) is 1. The van der Waals surface area contributed by atoms with Crippen molar-refractivity contribution in [3.8, 4) is 17.1 Å². The van der Waals surface area contributed by atoms with E-state index in [2.05, 4.69) is 46.5 Å². The van der Waals surface area contributed by atoms with Crippen LogP contribution in [0.1, 0.15) is 39.9 Å². The lowest BCUT2D eigenvalue weighted by atomic mass is 10.0. The van der Waals surface area contributed by atoms with Gasteiger partial charge in [-0.1, -0.05) is 17.8 Å². The maximum Gasteiger partial charge on any atom is 0.224 e. The first-order valence-electron chi connectivity index (χ1n) is 11.5. The van der Waals surface area contributed by atoms with E-state index in [1.54, 1.807) is 18.5 Å². The van der Waals surface area contributed by atoms with Crippen molar-refractivity contribution < 1.29 is 9.59 Å². The SMILES string of the molecule is Cc1ccc(-n2c(SCC(=O)c3ccc4c(c3)CCCC(=O)N4)nnc2-c2ccncc2)cc1C. The maximum atomic E-state index is 13.1. The summed E-state index contributed by atoms with van der Waals surface area (Å²) in [5.74, 6) is 0.957. The Hall–Kier alpha value is -3.78. The second kappa shape index (κ2) is 9.84. The van der Waals surface area contributed by atoms with Gasteiger partial charge in [-0.2, -0.15) is 0 Å². The summed E-state index contributed by atoms with van der Waals surface area (Å²) in [6, 6.07) is 15.5. The number of carbonyl (C=O) groups is 2. The molecule has 1 aliphatic rings. The van der Waals surface area contributed by atoms with Gasteiger partial charge in [-0.15, -0.1) is 10.2 Å². The molecule has 3 heterocycles. The molecule has 0 spiro atoms. The average Bonchev–Trinajstić information content (AvgIpc) is 3.20. The summed E-state index contributed by atoms with van der Waals surface area (Å²) in [7, 11) is 0. The van der Waals surface area contributed by atoms with E-state index in [-0.39, 0.29) is 17.4 Å². The van der Waals surface area contributed by atoms with Crippen molar-refractivity contribution in [2.24, 2.45) is 0 Å². The van der Waals surface area contributed by atoms with Gasteiger partial charge in [0.05, 0.1) is 11.4 Å². The molecule has 0 saturated carbocycles. The lowest BCUT2D eigenvalue weighted by Crippen LogP contribution is -2.10. The molecule has 5 rings (SSSR count). The van der Waals surface area contributed by atoms with Crippen LogP contribution in [0.3, 0.4) is 0 Å². The van der Waals surface area contributed by atoms with E-state index < -0.39 is 0 Å². The van der Waals surface area contributed by atoms with E-state index in [0.29, 0.717) is 23.0 Å². The summed E-state index contributed by atoms with van der Waals surface area (Å²) in [6.45, 7) is 4.15. The number of hydrogen-bond acceptors (Lipinski definition) is 6. The number of aromatic nitrogens is 4.